The molecule has 0 unspecified atom stereocenters. The quantitative estimate of drug-likeness (QED) is 0.630. The van der Waals surface area contributed by atoms with Gasteiger partial charge >= 0.3 is 0 Å². The van der Waals surface area contributed by atoms with Crippen molar-refractivity contribution in [1.82, 2.24) is 5.16 Å². The first kappa shape index (κ1) is 11.1. The molecule has 0 fully saturated rings. The maximum Gasteiger partial charge on any atom is 0.165 e. The molecule has 0 saturated heterocycles. The van der Waals surface area contributed by atoms with Gasteiger partial charge in [0.25, 0.3) is 0 Å². The van der Waals surface area contributed by atoms with E-state index in [1.54, 1.807) is 6.07 Å². The summed E-state index contributed by atoms with van der Waals surface area (Å²) in [6, 6.07) is 4.11. The van der Waals surface area contributed by atoms with Crippen molar-refractivity contribution in [1.29, 1.82) is 5.41 Å². The Kier molecular flexibility index (Phi) is 3.04. The van der Waals surface area contributed by atoms with Gasteiger partial charge in [-0.1, -0.05) is 5.16 Å². The molecule has 1 heterocycles. The van der Waals surface area contributed by atoms with Gasteiger partial charge in [-0.2, -0.15) is 0 Å². The fraction of sp³-hybridized carbons (Fsp3) is 0.0909. The highest BCUT2D eigenvalue weighted by atomic mass is 19.1. The van der Waals surface area contributed by atoms with E-state index >= 15 is 0 Å². The third kappa shape index (κ3) is 2.41. The molecule has 0 aliphatic rings. The molecule has 17 heavy (non-hydrogen) atoms. The average molecular weight is 237 g/mol. The zero-order chi connectivity index (χ0) is 12.3. The lowest BCUT2D eigenvalue weighted by atomic mass is 10.2. The molecule has 0 saturated carbocycles. The summed E-state index contributed by atoms with van der Waals surface area (Å²) in [6.45, 7) is 0.0940. The Morgan fingerprint density at radius 2 is 2.41 bits per heavy atom. The maximum atomic E-state index is 13.5. The van der Waals surface area contributed by atoms with Gasteiger partial charge in [0, 0.05) is 31.0 Å². The number of benzene rings is 1. The van der Waals surface area contributed by atoms with E-state index in [9.17, 15) is 4.39 Å². The van der Waals surface area contributed by atoms with Crippen LogP contribution >= 0.6 is 0 Å². The first-order valence-corrected chi connectivity index (χ1v) is 4.82. The van der Waals surface area contributed by atoms with Gasteiger partial charge in [-0.3, -0.25) is 0 Å². The molecule has 3 N–H and O–H groups in total. The normalized spacial score (nSPS) is 10.2. The summed E-state index contributed by atoms with van der Waals surface area (Å²) in [7, 11) is 0. The van der Waals surface area contributed by atoms with E-state index in [4.69, 9.17) is 15.9 Å². The molecular weight excluding hydrogens is 225 g/mol. The molecule has 2 rings (SSSR count). The minimum Gasteiger partial charge on any atom is -0.484 e. The van der Waals surface area contributed by atoms with Crippen LogP contribution in [0.4, 0.5) is 10.1 Å². The van der Waals surface area contributed by atoms with Crippen LogP contribution in [0.3, 0.4) is 0 Å². The van der Waals surface area contributed by atoms with Crippen molar-refractivity contribution < 1.29 is 15.1 Å². The number of nitrogens with two attached hydrogens (primary N) is 1. The fourth-order valence-corrected chi connectivity index (χ4v) is 1.28. The van der Waals surface area contributed by atoms with Gasteiger partial charge in [-0.05, 0) is 6.07 Å². The monoisotopic (exact) mass is 237 g/mol. The second kappa shape index (κ2) is 4.65. The molecule has 0 atom stereocenters. The number of nitrogens with one attached hydrogen (secondary N) is 1. The molecule has 0 bridgehead atoms. The molecule has 0 aliphatic carbocycles. The van der Waals surface area contributed by atoms with Crippen molar-refractivity contribution in [2.24, 2.45) is 0 Å². The largest absolute Gasteiger partial charge is 0.484 e. The van der Waals surface area contributed by atoms with E-state index in [1.807, 2.05) is 0 Å². The third-order valence-corrected chi connectivity index (χ3v) is 2.16. The Balaban J connectivity index is 0.00000162. The zero-order valence-corrected chi connectivity index (χ0v) is 8.81. The van der Waals surface area contributed by atoms with E-state index in [1.165, 1.54) is 12.3 Å². The number of hydrogen-bond donors (Lipinski definition) is 2. The molecule has 1 aromatic heterocycles. The molecule has 90 valence electrons. The molecule has 5 nitrogen and oxygen atoms in total. The van der Waals surface area contributed by atoms with E-state index < -0.39 is 5.82 Å². The highest BCUT2D eigenvalue weighted by Gasteiger charge is 2.08. The van der Waals surface area contributed by atoms with Crippen molar-refractivity contribution in [3.05, 3.63) is 41.5 Å². The SMILES string of the molecule is N=Cc1cc(F)c(OCc2ccon2)cc1N.[HH]. The van der Waals surface area contributed by atoms with Crippen molar-refractivity contribution >= 4 is 11.9 Å². The van der Waals surface area contributed by atoms with Crippen LogP contribution in [0, 0.1) is 11.2 Å². The van der Waals surface area contributed by atoms with E-state index in [-0.39, 0.29) is 19.5 Å². The Bertz CT molecular complexity index is 531. The second-order valence-electron chi connectivity index (χ2n) is 3.34. The summed E-state index contributed by atoms with van der Waals surface area (Å²) in [6.07, 6.45) is 2.39. The predicted octanol–water partition coefficient (Wildman–Crippen LogP) is 2.22. The van der Waals surface area contributed by atoms with Crippen LogP contribution in [-0.2, 0) is 6.61 Å². The molecule has 0 aliphatic heterocycles. The standard InChI is InChI=1S/C11H10FN3O2.H2/c12-9-3-7(5-13)10(14)4-11(9)16-6-8-1-2-17-15-8;/h1-5,13H,6,14H2;1H. The van der Waals surface area contributed by atoms with E-state index in [0.717, 1.165) is 12.3 Å². The number of anilines is 1. The minimum atomic E-state index is -0.568. The summed E-state index contributed by atoms with van der Waals surface area (Å²) in [4.78, 5) is 0. The molecule has 1 aromatic carbocycles. The van der Waals surface area contributed by atoms with Crippen LogP contribution in [0.25, 0.3) is 0 Å². The van der Waals surface area contributed by atoms with Gasteiger partial charge in [0.1, 0.15) is 18.6 Å². The van der Waals surface area contributed by atoms with Crippen LogP contribution in [0.2, 0.25) is 0 Å². The van der Waals surface area contributed by atoms with Crippen LogP contribution in [-0.4, -0.2) is 11.4 Å². The van der Waals surface area contributed by atoms with Gasteiger partial charge in [0.05, 0.1) is 0 Å². The fourth-order valence-electron chi connectivity index (χ4n) is 1.28. The Hall–Kier alpha value is -2.37. The summed E-state index contributed by atoms with van der Waals surface area (Å²) in [5.74, 6) is -0.544. The molecular formula is C11H12FN3O2. The Morgan fingerprint density at radius 1 is 1.59 bits per heavy atom. The molecule has 6 heteroatoms. The lowest BCUT2D eigenvalue weighted by Gasteiger charge is -2.08. The molecule has 0 amide bonds. The van der Waals surface area contributed by atoms with Crippen molar-refractivity contribution in [3.63, 3.8) is 0 Å². The highest BCUT2D eigenvalue weighted by Crippen LogP contribution is 2.24. The first-order chi connectivity index (χ1) is 8.20. The Morgan fingerprint density at radius 3 is 3.06 bits per heavy atom. The lowest BCUT2D eigenvalue weighted by Crippen LogP contribution is -2.01. The van der Waals surface area contributed by atoms with Crippen LogP contribution < -0.4 is 10.5 Å². The number of aromatic nitrogens is 1. The minimum absolute atomic E-state index is 0. The highest BCUT2D eigenvalue weighted by molar-refractivity contribution is 5.85. The van der Waals surface area contributed by atoms with Gasteiger partial charge in [0.2, 0.25) is 0 Å². The van der Waals surface area contributed by atoms with Crippen LogP contribution in [0.15, 0.2) is 29.0 Å². The number of rotatable bonds is 4. The van der Waals surface area contributed by atoms with E-state index in [0.29, 0.717) is 11.3 Å². The lowest BCUT2D eigenvalue weighted by molar-refractivity contribution is 0.276. The number of ether oxygens (including phenoxy) is 1. The Labute approximate surface area is 98.0 Å². The molecule has 0 radical (unpaired) electrons. The molecule has 2 aromatic rings. The van der Waals surface area contributed by atoms with Gasteiger partial charge < -0.3 is 20.4 Å². The number of halogens is 1. The van der Waals surface area contributed by atoms with Crippen molar-refractivity contribution in [2.45, 2.75) is 6.61 Å². The number of hydrogen-bond acceptors (Lipinski definition) is 5. The van der Waals surface area contributed by atoms with Crippen molar-refractivity contribution in [2.75, 3.05) is 5.73 Å². The molecule has 0 spiro atoms. The summed E-state index contributed by atoms with van der Waals surface area (Å²) < 4.78 is 23.3. The smallest absolute Gasteiger partial charge is 0.165 e. The third-order valence-electron chi connectivity index (χ3n) is 2.16. The summed E-state index contributed by atoms with van der Waals surface area (Å²) in [5.41, 5.74) is 6.78. The zero-order valence-electron chi connectivity index (χ0n) is 8.81. The summed E-state index contributed by atoms with van der Waals surface area (Å²) in [5, 5.41) is 10.7. The second-order valence-corrected chi connectivity index (χ2v) is 3.34. The van der Waals surface area contributed by atoms with Gasteiger partial charge in [-0.25, -0.2) is 4.39 Å². The van der Waals surface area contributed by atoms with Crippen molar-refractivity contribution in [3.8, 4) is 5.75 Å². The first-order valence-electron chi connectivity index (χ1n) is 4.82. The summed E-state index contributed by atoms with van der Waals surface area (Å²) >= 11 is 0. The number of nitrogen functional groups attached to an aromatic ring is 1. The maximum absolute atomic E-state index is 13.5. The predicted molar refractivity (Wildman–Crippen MR) is 61.6 cm³/mol. The number of nitrogens with zero attached hydrogens (tertiary/aromatic N) is 1. The van der Waals surface area contributed by atoms with Gasteiger partial charge in [-0.15, -0.1) is 0 Å². The van der Waals surface area contributed by atoms with Crippen LogP contribution in [0.5, 0.6) is 5.75 Å². The topological polar surface area (TPSA) is 85.1 Å². The van der Waals surface area contributed by atoms with Gasteiger partial charge in [0.15, 0.2) is 11.6 Å². The van der Waals surface area contributed by atoms with Crippen LogP contribution in [0.1, 0.15) is 12.7 Å². The van der Waals surface area contributed by atoms with E-state index in [2.05, 4.69) is 9.68 Å². The average Bonchev–Trinajstić information content (AvgIpc) is 2.82.